The van der Waals surface area contributed by atoms with Crippen LogP contribution in [0, 0.1) is 0 Å². The Bertz CT molecular complexity index is 821. The van der Waals surface area contributed by atoms with Gasteiger partial charge in [0.1, 0.15) is 0 Å². The Hall–Kier alpha value is -2.70. The van der Waals surface area contributed by atoms with E-state index in [0.29, 0.717) is 21.8 Å². The average Bonchev–Trinajstić information content (AvgIpc) is 2.53. The van der Waals surface area contributed by atoms with Crippen molar-refractivity contribution in [1.29, 1.82) is 0 Å². The molecule has 3 N–H and O–H groups in total. The van der Waals surface area contributed by atoms with Crippen LogP contribution in [-0.4, -0.2) is 22.1 Å². The number of carboxylic acids is 1. The Morgan fingerprint density at radius 2 is 1.88 bits per heavy atom. The molecule has 5 nitrogen and oxygen atoms in total. The van der Waals surface area contributed by atoms with Gasteiger partial charge in [0.25, 0.3) is 5.91 Å². The summed E-state index contributed by atoms with van der Waals surface area (Å²) >= 11 is 11.1. The Kier molecular flexibility index (Phi) is 6.06. The number of nitrogens with one attached hydrogen (secondary N) is 2. The lowest BCUT2D eigenvalue weighted by molar-refractivity contribution is -0.131. The van der Waals surface area contributed by atoms with Crippen LogP contribution in [0.25, 0.3) is 6.08 Å². The third-order valence-corrected chi connectivity index (χ3v) is 3.44. The van der Waals surface area contributed by atoms with Crippen molar-refractivity contribution >= 4 is 52.6 Å². The summed E-state index contributed by atoms with van der Waals surface area (Å²) < 4.78 is 0. The first-order chi connectivity index (χ1) is 11.5. The van der Waals surface area contributed by atoms with Gasteiger partial charge in [-0.05, 0) is 48.1 Å². The molecule has 0 radical (unpaired) electrons. The largest absolute Gasteiger partial charge is 0.478 e. The first-order valence-corrected chi connectivity index (χ1v) is 7.62. The second-order valence-electron chi connectivity index (χ2n) is 4.69. The summed E-state index contributed by atoms with van der Waals surface area (Å²) in [5, 5.41) is 14.5. The lowest BCUT2D eigenvalue weighted by Crippen LogP contribution is -2.34. The molecule has 1 amide bonds. The number of halogens is 1. The van der Waals surface area contributed by atoms with Crippen LogP contribution < -0.4 is 10.6 Å². The smallest absolute Gasteiger partial charge is 0.328 e. The van der Waals surface area contributed by atoms with Crippen molar-refractivity contribution in [3.8, 4) is 0 Å². The predicted molar refractivity (Wildman–Crippen MR) is 98.3 cm³/mol. The lowest BCUT2D eigenvalue weighted by atomic mass is 10.2. The van der Waals surface area contributed by atoms with E-state index in [0.717, 1.165) is 6.08 Å². The molecule has 0 heterocycles. The molecule has 2 aromatic carbocycles. The Morgan fingerprint density at radius 1 is 1.12 bits per heavy atom. The minimum absolute atomic E-state index is 0.110. The number of aliphatic carboxylic acids is 1. The molecule has 0 aliphatic heterocycles. The number of carbonyl (C=O) groups excluding carboxylic acids is 1. The van der Waals surface area contributed by atoms with Crippen molar-refractivity contribution in [2.45, 2.75) is 0 Å². The molecule has 0 fully saturated rings. The number of amides is 1. The number of anilines is 1. The number of hydrogen-bond acceptors (Lipinski definition) is 3. The fourth-order valence-electron chi connectivity index (χ4n) is 1.87. The van der Waals surface area contributed by atoms with Gasteiger partial charge in [0.2, 0.25) is 0 Å². The highest BCUT2D eigenvalue weighted by Gasteiger charge is 2.11. The van der Waals surface area contributed by atoms with Gasteiger partial charge in [0.15, 0.2) is 5.11 Å². The molecule has 24 heavy (non-hydrogen) atoms. The second-order valence-corrected chi connectivity index (χ2v) is 5.50. The second kappa shape index (κ2) is 8.24. The van der Waals surface area contributed by atoms with Gasteiger partial charge in [-0.15, -0.1) is 0 Å². The van der Waals surface area contributed by atoms with Crippen molar-refractivity contribution in [2.75, 3.05) is 5.32 Å². The van der Waals surface area contributed by atoms with E-state index >= 15 is 0 Å². The van der Waals surface area contributed by atoms with Gasteiger partial charge < -0.3 is 10.4 Å². The van der Waals surface area contributed by atoms with E-state index in [2.05, 4.69) is 10.6 Å². The van der Waals surface area contributed by atoms with E-state index in [1.54, 1.807) is 48.5 Å². The maximum Gasteiger partial charge on any atom is 0.328 e. The molecule has 0 saturated heterocycles. The van der Waals surface area contributed by atoms with E-state index in [1.807, 2.05) is 0 Å². The number of hydrogen-bond donors (Lipinski definition) is 3. The molecular weight excluding hydrogens is 348 g/mol. The predicted octanol–water partition coefficient (Wildman–Crippen LogP) is 3.56. The first kappa shape index (κ1) is 17.7. The molecule has 2 aromatic rings. The Morgan fingerprint density at radius 3 is 2.58 bits per heavy atom. The van der Waals surface area contributed by atoms with Crippen molar-refractivity contribution in [3.05, 3.63) is 70.8 Å². The number of rotatable bonds is 4. The minimum atomic E-state index is -1.03. The van der Waals surface area contributed by atoms with Crippen molar-refractivity contribution < 1.29 is 14.7 Å². The molecule has 7 heteroatoms. The van der Waals surface area contributed by atoms with E-state index in [-0.39, 0.29) is 5.11 Å². The zero-order chi connectivity index (χ0) is 17.5. The van der Waals surface area contributed by atoms with E-state index in [9.17, 15) is 9.59 Å². The van der Waals surface area contributed by atoms with Gasteiger partial charge in [-0.2, -0.15) is 0 Å². The summed E-state index contributed by atoms with van der Waals surface area (Å²) in [5.41, 5.74) is 1.62. The number of benzene rings is 2. The maximum absolute atomic E-state index is 12.1. The summed E-state index contributed by atoms with van der Waals surface area (Å²) in [6.45, 7) is 0. The lowest BCUT2D eigenvalue weighted by Gasteiger charge is -2.10. The minimum Gasteiger partial charge on any atom is -0.478 e. The van der Waals surface area contributed by atoms with E-state index < -0.39 is 11.9 Å². The summed E-state index contributed by atoms with van der Waals surface area (Å²) in [5.74, 6) is -1.45. The fourth-order valence-corrected chi connectivity index (χ4v) is 2.30. The molecular formula is C17H13ClN2O3S. The molecule has 2 rings (SSSR count). The molecule has 122 valence electrons. The summed E-state index contributed by atoms with van der Waals surface area (Å²) in [7, 11) is 0. The number of carbonyl (C=O) groups is 2. The molecule has 0 aliphatic rings. The van der Waals surface area contributed by atoms with Crippen LogP contribution in [0.5, 0.6) is 0 Å². The highest BCUT2D eigenvalue weighted by molar-refractivity contribution is 7.80. The Balaban J connectivity index is 2.02. The summed E-state index contributed by atoms with van der Waals surface area (Å²) in [4.78, 5) is 22.6. The quantitative estimate of drug-likeness (QED) is 0.574. The molecule has 0 saturated carbocycles. The highest BCUT2D eigenvalue weighted by Crippen LogP contribution is 2.15. The zero-order valence-corrected chi connectivity index (χ0v) is 13.9. The molecule has 0 spiro atoms. The van der Waals surface area contributed by atoms with Crippen LogP contribution >= 0.6 is 23.8 Å². The van der Waals surface area contributed by atoms with E-state index in [4.69, 9.17) is 28.9 Å². The molecule has 0 unspecified atom stereocenters. The SMILES string of the molecule is O=C(O)/C=C/c1cccc(NC(=S)NC(=O)c2ccccc2Cl)c1. The molecule has 0 aromatic heterocycles. The van der Waals surface area contributed by atoms with Gasteiger partial charge >= 0.3 is 5.97 Å². The average molecular weight is 361 g/mol. The van der Waals surface area contributed by atoms with Gasteiger partial charge in [-0.3, -0.25) is 10.1 Å². The molecule has 0 bridgehead atoms. The van der Waals surface area contributed by atoms with E-state index in [1.165, 1.54) is 6.08 Å². The fraction of sp³-hybridized carbons (Fsp3) is 0. The van der Waals surface area contributed by atoms with Crippen molar-refractivity contribution in [3.63, 3.8) is 0 Å². The van der Waals surface area contributed by atoms with Crippen LogP contribution in [0.2, 0.25) is 5.02 Å². The third kappa shape index (κ3) is 5.19. The summed E-state index contributed by atoms with van der Waals surface area (Å²) in [6.07, 6.45) is 2.50. The Labute approximate surface area is 149 Å². The van der Waals surface area contributed by atoms with Gasteiger partial charge in [0, 0.05) is 11.8 Å². The van der Waals surface area contributed by atoms with Crippen LogP contribution in [0.4, 0.5) is 5.69 Å². The normalized spacial score (nSPS) is 10.4. The van der Waals surface area contributed by atoms with Crippen LogP contribution in [0.1, 0.15) is 15.9 Å². The summed E-state index contributed by atoms with van der Waals surface area (Å²) in [6, 6.07) is 13.6. The maximum atomic E-state index is 12.1. The highest BCUT2D eigenvalue weighted by atomic mass is 35.5. The van der Waals surface area contributed by atoms with Crippen molar-refractivity contribution in [2.24, 2.45) is 0 Å². The van der Waals surface area contributed by atoms with Gasteiger partial charge in [0.05, 0.1) is 10.6 Å². The number of carboxylic acid groups (broad SMARTS) is 1. The van der Waals surface area contributed by atoms with Gasteiger partial charge in [-0.25, -0.2) is 4.79 Å². The number of thiocarbonyl (C=S) groups is 1. The first-order valence-electron chi connectivity index (χ1n) is 6.83. The third-order valence-electron chi connectivity index (χ3n) is 2.91. The monoisotopic (exact) mass is 360 g/mol. The van der Waals surface area contributed by atoms with Gasteiger partial charge in [-0.1, -0.05) is 35.9 Å². The van der Waals surface area contributed by atoms with Crippen LogP contribution in [0.15, 0.2) is 54.6 Å². The van der Waals surface area contributed by atoms with Crippen LogP contribution in [0.3, 0.4) is 0 Å². The molecule has 0 aliphatic carbocycles. The van der Waals surface area contributed by atoms with Crippen LogP contribution in [-0.2, 0) is 4.79 Å². The van der Waals surface area contributed by atoms with Crippen molar-refractivity contribution in [1.82, 2.24) is 5.32 Å². The zero-order valence-electron chi connectivity index (χ0n) is 12.3. The molecule has 0 atom stereocenters. The standard InChI is InChI=1S/C17H13ClN2O3S/c18-14-7-2-1-6-13(14)16(23)20-17(24)19-12-5-3-4-11(10-12)8-9-15(21)22/h1-10H,(H,21,22)(H2,19,20,23,24)/b9-8+. The topological polar surface area (TPSA) is 78.4 Å².